The first-order valence-corrected chi connectivity index (χ1v) is 6.94. The molecule has 3 N–H and O–H groups in total. The Bertz CT molecular complexity index is 395. The third-order valence-corrected chi connectivity index (χ3v) is 4.01. The van der Waals surface area contributed by atoms with E-state index < -0.39 is 0 Å². The van der Waals surface area contributed by atoms with Gasteiger partial charge in [0.15, 0.2) is 0 Å². The van der Waals surface area contributed by atoms with Crippen LogP contribution in [-0.4, -0.2) is 40.7 Å². The van der Waals surface area contributed by atoms with Crippen LogP contribution in [-0.2, 0) is 11.2 Å². The third-order valence-electron chi connectivity index (χ3n) is 4.01. The molecule has 0 saturated carbocycles. The van der Waals surface area contributed by atoms with Crippen molar-refractivity contribution >= 4 is 5.91 Å². The molecule has 0 aliphatic carbocycles. The summed E-state index contributed by atoms with van der Waals surface area (Å²) < 4.78 is 0. The lowest BCUT2D eigenvalue weighted by Crippen LogP contribution is -2.47. The Morgan fingerprint density at radius 2 is 2.42 bits per heavy atom. The standard InChI is InChI=1S/C13H23N5O/c1-13(2,10-4-3-6-14-8-10)12(19)15-7-5-11-16-9-17-18-11/h9-10,14H,3-8H2,1-2H3,(H,15,19)(H,16,17,18). The molecule has 6 heteroatoms. The summed E-state index contributed by atoms with van der Waals surface area (Å²) >= 11 is 0. The quantitative estimate of drug-likeness (QED) is 0.723. The summed E-state index contributed by atoms with van der Waals surface area (Å²) in [6, 6.07) is 0. The van der Waals surface area contributed by atoms with Crippen molar-refractivity contribution in [2.75, 3.05) is 19.6 Å². The Kier molecular flexibility index (Phi) is 4.52. The molecule has 1 aromatic rings. The van der Waals surface area contributed by atoms with E-state index in [0.29, 0.717) is 18.9 Å². The number of hydrogen-bond donors (Lipinski definition) is 3. The van der Waals surface area contributed by atoms with Crippen molar-refractivity contribution in [3.8, 4) is 0 Å². The average molecular weight is 265 g/mol. The molecular weight excluding hydrogens is 242 g/mol. The number of H-pyrrole nitrogens is 1. The van der Waals surface area contributed by atoms with E-state index in [1.165, 1.54) is 6.33 Å². The van der Waals surface area contributed by atoms with Gasteiger partial charge < -0.3 is 10.6 Å². The van der Waals surface area contributed by atoms with Crippen LogP contribution in [0.25, 0.3) is 0 Å². The van der Waals surface area contributed by atoms with Crippen LogP contribution >= 0.6 is 0 Å². The number of aromatic nitrogens is 3. The highest BCUT2D eigenvalue weighted by Crippen LogP contribution is 2.31. The molecule has 1 aliphatic heterocycles. The number of carbonyl (C=O) groups is 1. The maximum atomic E-state index is 12.3. The fourth-order valence-corrected chi connectivity index (χ4v) is 2.53. The molecule has 1 fully saturated rings. The molecule has 1 unspecified atom stereocenters. The van der Waals surface area contributed by atoms with Crippen LogP contribution in [0.1, 0.15) is 32.5 Å². The fraction of sp³-hybridized carbons (Fsp3) is 0.769. The van der Waals surface area contributed by atoms with Crippen LogP contribution in [0.4, 0.5) is 0 Å². The average Bonchev–Trinajstić information content (AvgIpc) is 2.93. The van der Waals surface area contributed by atoms with E-state index in [4.69, 9.17) is 0 Å². The second-order valence-corrected chi connectivity index (χ2v) is 5.70. The molecule has 0 aromatic carbocycles. The largest absolute Gasteiger partial charge is 0.355 e. The Labute approximate surface area is 113 Å². The zero-order valence-corrected chi connectivity index (χ0v) is 11.7. The lowest BCUT2D eigenvalue weighted by molar-refractivity contribution is -0.132. The Morgan fingerprint density at radius 1 is 1.58 bits per heavy atom. The Balaban J connectivity index is 1.80. The highest BCUT2D eigenvalue weighted by atomic mass is 16.2. The second-order valence-electron chi connectivity index (χ2n) is 5.70. The highest BCUT2D eigenvalue weighted by molar-refractivity contribution is 5.82. The molecule has 2 heterocycles. The first kappa shape index (κ1) is 14.0. The lowest BCUT2D eigenvalue weighted by Gasteiger charge is -2.36. The van der Waals surface area contributed by atoms with Gasteiger partial charge in [-0.1, -0.05) is 13.8 Å². The summed E-state index contributed by atoms with van der Waals surface area (Å²) in [6.45, 7) is 6.67. The van der Waals surface area contributed by atoms with Crippen LogP contribution in [0.2, 0.25) is 0 Å². The maximum Gasteiger partial charge on any atom is 0.225 e. The van der Waals surface area contributed by atoms with Crippen LogP contribution in [0.3, 0.4) is 0 Å². The normalized spacial score (nSPS) is 20.2. The van der Waals surface area contributed by atoms with Gasteiger partial charge in [-0.3, -0.25) is 9.89 Å². The van der Waals surface area contributed by atoms with Gasteiger partial charge in [-0.25, -0.2) is 4.98 Å². The smallest absolute Gasteiger partial charge is 0.225 e. The number of piperidine rings is 1. The van der Waals surface area contributed by atoms with E-state index >= 15 is 0 Å². The predicted molar refractivity (Wildman–Crippen MR) is 72.5 cm³/mol. The number of amides is 1. The van der Waals surface area contributed by atoms with Gasteiger partial charge in [0, 0.05) is 18.4 Å². The molecule has 1 atom stereocenters. The van der Waals surface area contributed by atoms with Crippen molar-refractivity contribution in [1.82, 2.24) is 25.8 Å². The summed E-state index contributed by atoms with van der Waals surface area (Å²) in [5.41, 5.74) is -0.325. The van der Waals surface area contributed by atoms with E-state index in [2.05, 4.69) is 25.8 Å². The fourth-order valence-electron chi connectivity index (χ4n) is 2.53. The minimum atomic E-state index is -0.325. The van der Waals surface area contributed by atoms with E-state index in [1.54, 1.807) is 0 Å². The topological polar surface area (TPSA) is 82.7 Å². The van der Waals surface area contributed by atoms with Crippen LogP contribution in [0.5, 0.6) is 0 Å². The Hall–Kier alpha value is -1.43. The summed E-state index contributed by atoms with van der Waals surface area (Å²) in [6.07, 6.45) is 4.44. The summed E-state index contributed by atoms with van der Waals surface area (Å²) in [5, 5.41) is 13.0. The zero-order chi connectivity index (χ0) is 13.7. The first-order valence-electron chi connectivity index (χ1n) is 6.94. The predicted octanol–water partition coefficient (Wildman–Crippen LogP) is 0.489. The molecule has 106 valence electrons. The van der Waals surface area contributed by atoms with Gasteiger partial charge in [-0.05, 0) is 31.8 Å². The van der Waals surface area contributed by atoms with E-state index in [1.807, 2.05) is 13.8 Å². The number of carbonyl (C=O) groups excluding carboxylic acids is 1. The second kappa shape index (κ2) is 6.14. The number of nitrogens with zero attached hydrogens (tertiary/aromatic N) is 2. The van der Waals surface area contributed by atoms with Crippen LogP contribution in [0.15, 0.2) is 6.33 Å². The van der Waals surface area contributed by atoms with Crippen molar-refractivity contribution in [3.63, 3.8) is 0 Å². The number of nitrogens with one attached hydrogen (secondary N) is 3. The first-order chi connectivity index (χ1) is 9.10. The van der Waals surface area contributed by atoms with E-state index in [-0.39, 0.29) is 11.3 Å². The summed E-state index contributed by atoms with van der Waals surface area (Å²) in [4.78, 5) is 16.3. The van der Waals surface area contributed by atoms with Gasteiger partial charge in [-0.2, -0.15) is 5.10 Å². The molecule has 1 amide bonds. The van der Waals surface area contributed by atoms with E-state index in [9.17, 15) is 4.79 Å². The number of aromatic amines is 1. The monoisotopic (exact) mass is 265 g/mol. The summed E-state index contributed by atoms with van der Waals surface area (Å²) in [7, 11) is 0. The van der Waals surface area contributed by atoms with Gasteiger partial charge >= 0.3 is 0 Å². The molecule has 2 rings (SSSR count). The molecular formula is C13H23N5O. The molecule has 0 bridgehead atoms. The third kappa shape index (κ3) is 3.53. The summed E-state index contributed by atoms with van der Waals surface area (Å²) in [5.74, 6) is 1.34. The van der Waals surface area contributed by atoms with Gasteiger partial charge in [0.2, 0.25) is 5.91 Å². The molecule has 1 saturated heterocycles. The van der Waals surface area contributed by atoms with Gasteiger partial charge in [-0.15, -0.1) is 0 Å². The van der Waals surface area contributed by atoms with Gasteiger partial charge in [0.25, 0.3) is 0 Å². The lowest BCUT2D eigenvalue weighted by atomic mass is 9.74. The van der Waals surface area contributed by atoms with Crippen molar-refractivity contribution < 1.29 is 4.79 Å². The van der Waals surface area contributed by atoms with Crippen molar-refractivity contribution in [2.24, 2.45) is 11.3 Å². The van der Waals surface area contributed by atoms with Gasteiger partial charge in [0.05, 0.1) is 0 Å². The van der Waals surface area contributed by atoms with Crippen molar-refractivity contribution in [3.05, 3.63) is 12.2 Å². The maximum absolute atomic E-state index is 12.3. The number of hydrogen-bond acceptors (Lipinski definition) is 4. The molecule has 0 spiro atoms. The molecule has 0 radical (unpaired) electrons. The highest BCUT2D eigenvalue weighted by Gasteiger charge is 2.36. The van der Waals surface area contributed by atoms with Gasteiger partial charge in [0.1, 0.15) is 12.2 Å². The number of rotatable bonds is 5. The minimum Gasteiger partial charge on any atom is -0.355 e. The SMILES string of the molecule is CC(C)(C(=O)NCCc1ncn[nH]1)C1CCCNC1. The van der Waals surface area contributed by atoms with Crippen LogP contribution in [0, 0.1) is 11.3 Å². The van der Waals surface area contributed by atoms with Crippen molar-refractivity contribution in [1.29, 1.82) is 0 Å². The van der Waals surface area contributed by atoms with Crippen LogP contribution < -0.4 is 10.6 Å². The van der Waals surface area contributed by atoms with E-state index in [0.717, 1.165) is 31.8 Å². The Morgan fingerprint density at radius 3 is 3.05 bits per heavy atom. The molecule has 19 heavy (non-hydrogen) atoms. The minimum absolute atomic E-state index is 0.126. The molecule has 1 aliphatic rings. The van der Waals surface area contributed by atoms with Crippen molar-refractivity contribution in [2.45, 2.75) is 33.1 Å². The molecule has 1 aromatic heterocycles. The molecule has 6 nitrogen and oxygen atoms in total. The zero-order valence-electron chi connectivity index (χ0n) is 11.7.